The van der Waals surface area contributed by atoms with Crippen LogP contribution in [0.1, 0.15) is 5.56 Å². The standard InChI is InChI=1S/C13H10ClFIN/c14-10-2-5-12(6-3-10)17-8-9-1-4-11(15)7-13(9)16/h1-7,17H,8H2. The molecule has 2 aromatic carbocycles. The van der Waals surface area contributed by atoms with Gasteiger partial charge in [0.15, 0.2) is 0 Å². The van der Waals surface area contributed by atoms with Crippen molar-refractivity contribution in [3.05, 3.63) is 62.4 Å². The van der Waals surface area contributed by atoms with E-state index in [1.807, 2.05) is 24.3 Å². The third kappa shape index (κ3) is 3.57. The largest absolute Gasteiger partial charge is 0.381 e. The highest BCUT2D eigenvalue weighted by atomic mass is 127. The summed E-state index contributed by atoms with van der Waals surface area (Å²) in [7, 11) is 0. The molecule has 0 amide bonds. The van der Waals surface area contributed by atoms with Crippen molar-refractivity contribution in [1.29, 1.82) is 0 Å². The summed E-state index contributed by atoms with van der Waals surface area (Å²) < 4.78 is 13.8. The molecule has 1 N–H and O–H groups in total. The summed E-state index contributed by atoms with van der Waals surface area (Å²) in [6.07, 6.45) is 0. The molecule has 0 radical (unpaired) electrons. The van der Waals surface area contributed by atoms with Gasteiger partial charge < -0.3 is 5.32 Å². The quantitative estimate of drug-likeness (QED) is 0.782. The van der Waals surface area contributed by atoms with Gasteiger partial charge in [-0.2, -0.15) is 0 Å². The van der Waals surface area contributed by atoms with E-state index in [1.54, 1.807) is 6.07 Å². The lowest BCUT2D eigenvalue weighted by Crippen LogP contribution is -2.01. The maximum atomic E-state index is 12.9. The van der Waals surface area contributed by atoms with Crippen LogP contribution in [-0.2, 0) is 6.54 Å². The second kappa shape index (κ2) is 5.69. The zero-order chi connectivity index (χ0) is 12.3. The lowest BCUT2D eigenvalue weighted by atomic mass is 10.2. The molecule has 0 aliphatic rings. The molecule has 17 heavy (non-hydrogen) atoms. The Labute approximate surface area is 118 Å². The van der Waals surface area contributed by atoms with Crippen LogP contribution >= 0.6 is 34.2 Å². The van der Waals surface area contributed by atoms with E-state index in [0.717, 1.165) is 14.8 Å². The normalized spacial score (nSPS) is 10.3. The minimum Gasteiger partial charge on any atom is -0.381 e. The molecule has 0 aliphatic heterocycles. The van der Waals surface area contributed by atoms with Gasteiger partial charge in [0, 0.05) is 20.8 Å². The Morgan fingerprint density at radius 3 is 2.47 bits per heavy atom. The second-order valence-corrected chi connectivity index (χ2v) is 5.19. The summed E-state index contributed by atoms with van der Waals surface area (Å²) in [4.78, 5) is 0. The third-order valence-corrected chi connectivity index (χ3v) is 3.60. The first-order valence-corrected chi connectivity index (χ1v) is 6.54. The highest BCUT2D eigenvalue weighted by Gasteiger charge is 2.01. The van der Waals surface area contributed by atoms with Crippen molar-refractivity contribution in [3.8, 4) is 0 Å². The van der Waals surface area contributed by atoms with Gasteiger partial charge in [-0.05, 0) is 64.6 Å². The van der Waals surface area contributed by atoms with Gasteiger partial charge in [0.05, 0.1) is 0 Å². The Morgan fingerprint density at radius 1 is 1.12 bits per heavy atom. The van der Waals surface area contributed by atoms with E-state index in [4.69, 9.17) is 11.6 Å². The SMILES string of the molecule is Fc1ccc(CNc2ccc(Cl)cc2)c(I)c1. The van der Waals surface area contributed by atoms with Crippen LogP contribution in [0.15, 0.2) is 42.5 Å². The predicted molar refractivity (Wildman–Crippen MR) is 77.9 cm³/mol. The fourth-order valence-corrected chi connectivity index (χ4v) is 2.22. The smallest absolute Gasteiger partial charge is 0.124 e. The van der Waals surface area contributed by atoms with E-state index >= 15 is 0 Å². The molecular weight excluding hydrogens is 352 g/mol. The van der Waals surface area contributed by atoms with Crippen LogP contribution in [0, 0.1) is 9.39 Å². The van der Waals surface area contributed by atoms with Gasteiger partial charge in [0.1, 0.15) is 5.82 Å². The van der Waals surface area contributed by atoms with Gasteiger partial charge in [0.25, 0.3) is 0 Å². The van der Waals surface area contributed by atoms with Crippen LogP contribution in [0.3, 0.4) is 0 Å². The van der Waals surface area contributed by atoms with Crippen LogP contribution in [0.25, 0.3) is 0 Å². The molecule has 0 atom stereocenters. The van der Waals surface area contributed by atoms with Gasteiger partial charge in [0.2, 0.25) is 0 Å². The first-order valence-electron chi connectivity index (χ1n) is 5.08. The Hall–Kier alpha value is -0.810. The van der Waals surface area contributed by atoms with E-state index in [0.29, 0.717) is 11.6 Å². The van der Waals surface area contributed by atoms with E-state index in [9.17, 15) is 4.39 Å². The molecule has 0 spiro atoms. The zero-order valence-electron chi connectivity index (χ0n) is 8.88. The van der Waals surface area contributed by atoms with Crippen LogP contribution in [0.4, 0.5) is 10.1 Å². The van der Waals surface area contributed by atoms with Gasteiger partial charge in [-0.1, -0.05) is 17.7 Å². The molecule has 0 saturated carbocycles. The molecule has 1 nitrogen and oxygen atoms in total. The number of benzene rings is 2. The number of hydrogen-bond acceptors (Lipinski definition) is 1. The number of rotatable bonds is 3. The highest BCUT2D eigenvalue weighted by Crippen LogP contribution is 2.17. The molecular formula is C13H10ClFIN. The first kappa shape index (κ1) is 12.6. The molecule has 0 heterocycles. The Kier molecular flexibility index (Phi) is 4.23. The van der Waals surface area contributed by atoms with Crippen LogP contribution in [0.5, 0.6) is 0 Å². The zero-order valence-corrected chi connectivity index (χ0v) is 11.8. The molecule has 0 aliphatic carbocycles. The lowest BCUT2D eigenvalue weighted by Gasteiger charge is -2.08. The van der Waals surface area contributed by atoms with Crippen molar-refractivity contribution >= 4 is 39.9 Å². The topological polar surface area (TPSA) is 12.0 Å². The molecule has 0 aromatic heterocycles. The highest BCUT2D eigenvalue weighted by molar-refractivity contribution is 14.1. The molecule has 0 bridgehead atoms. The van der Waals surface area contributed by atoms with E-state index in [1.165, 1.54) is 12.1 Å². The van der Waals surface area contributed by atoms with Gasteiger partial charge in [-0.3, -0.25) is 0 Å². The van der Waals surface area contributed by atoms with Crippen molar-refractivity contribution < 1.29 is 4.39 Å². The van der Waals surface area contributed by atoms with E-state index in [2.05, 4.69) is 27.9 Å². The second-order valence-electron chi connectivity index (χ2n) is 3.60. The summed E-state index contributed by atoms with van der Waals surface area (Å²) >= 11 is 7.93. The molecule has 4 heteroatoms. The molecule has 2 rings (SSSR count). The Bertz CT molecular complexity index is 513. The number of hydrogen-bond donors (Lipinski definition) is 1. The van der Waals surface area contributed by atoms with Gasteiger partial charge in [-0.25, -0.2) is 4.39 Å². The number of anilines is 1. The van der Waals surface area contributed by atoms with Gasteiger partial charge in [-0.15, -0.1) is 0 Å². The Balaban J connectivity index is 2.04. The third-order valence-electron chi connectivity index (χ3n) is 2.34. The minimum absolute atomic E-state index is 0.204. The van der Waals surface area contributed by atoms with Crippen LogP contribution in [-0.4, -0.2) is 0 Å². The maximum absolute atomic E-state index is 12.9. The summed E-state index contributed by atoms with van der Waals surface area (Å²) in [5.41, 5.74) is 2.07. The first-order chi connectivity index (χ1) is 8.15. The fraction of sp³-hybridized carbons (Fsp3) is 0.0769. The van der Waals surface area contributed by atoms with Crippen molar-refractivity contribution in [1.82, 2.24) is 0 Å². The van der Waals surface area contributed by atoms with Gasteiger partial charge >= 0.3 is 0 Å². The summed E-state index contributed by atoms with van der Waals surface area (Å²) in [5.74, 6) is -0.204. The maximum Gasteiger partial charge on any atom is 0.124 e. The van der Waals surface area contributed by atoms with E-state index in [-0.39, 0.29) is 5.82 Å². The average Bonchev–Trinajstić information content (AvgIpc) is 2.30. The molecule has 0 unspecified atom stereocenters. The lowest BCUT2D eigenvalue weighted by molar-refractivity contribution is 0.626. The monoisotopic (exact) mass is 361 g/mol. The molecule has 88 valence electrons. The van der Waals surface area contributed by atoms with E-state index < -0.39 is 0 Å². The Morgan fingerprint density at radius 2 is 1.82 bits per heavy atom. The summed E-state index contributed by atoms with van der Waals surface area (Å²) in [6, 6.07) is 12.3. The fourth-order valence-electron chi connectivity index (χ4n) is 1.43. The average molecular weight is 362 g/mol. The summed E-state index contributed by atoms with van der Waals surface area (Å²) in [6.45, 7) is 0.667. The number of nitrogens with one attached hydrogen (secondary N) is 1. The van der Waals surface area contributed by atoms with Crippen molar-refractivity contribution in [2.75, 3.05) is 5.32 Å². The van der Waals surface area contributed by atoms with Crippen molar-refractivity contribution in [3.63, 3.8) is 0 Å². The van der Waals surface area contributed by atoms with Crippen molar-refractivity contribution in [2.45, 2.75) is 6.54 Å². The molecule has 0 fully saturated rings. The predicted octanol–water partition coefficient (Wildman–Crippen LogP) is 4.70. The van der Waals surface area contributed by atoms with Crippen molar-refractivity contribution in [2.24, 2.45) is 0 Å². The van der Waals surface area contributed by atoms with Crippen LogP contribution in [0.2, 0.25) is 5.02 Å². The molecule has 0 saturated heterocycles. The number of halogens is 3. The molecule has 2 aromatic rings. The van der Waals surface area contributed by atoms with Crippen LogP contribution < -0.4 is 5.32 Å². The minimum atomic E-state index is -0.204. The summed E-state index contributed by atoms with van der Waals surface area (Å²) in [5, 5.41) is 3.98.